The number of nitro benzene ring substituents is 1. The lowest BCUT2D eigenvalue weighted by Crippen LogP contribution is -2.28. The molecule has 0 aromatic heterocycles. The molecular formula is C13H20N4O3. The highest BCUT2D eigenvalue weighted by Crippen LogP contribution is 2.23. The van der Waals surface area contributed by atoms with Gasteiger partial charge in [-0.05, 0) is 12.0 Å². The van der Waals surface area contributed by atoms with E-state index in [0.717, 1.165) is 0 Å². The number of rotatable bonds is 7. The Morgan fingerprint density at radius 2 is 2.15 bits per heavy atom. The number of amides is 1. The van der Waals surface area contributed by atoms with E-state index in [4.69, 9.17) is 5.73 Å². The first-order valence-electron chi connectivity index (χ1n) is 6.44. The highest BCUT2D eigenvalue weighted by molar-refractivity contribution is 5.77. The second-order valence-electron chi connectivity index (χ2n) is 4.90. The highest BCUT2D eigenvalue weighted by Gasteiger charge is 2.09. The van der Waals surface area contributed by atoms with Crippen molar-refractivity contribution in [3.63, 3.8) is 0 Å². The van der Waals surface area contributed by atoms with Crippen LogP contribution in [0.4, 0.5) is 17.1 Å². The summed E-state index contributed by atoms with van der Waals surface area (Å²) >= 11 is 0. The lowest BCUT2D eigenvalue weighted by molar-refractivity contribution is -0.384. The van der Waals surface area contributed by atoms with Gasteiger partial charge in [-0.1, -0.05) is 13.8 Å². The second kappa shape index (κ2) is 7.32. The fourth-order valence-electron chi connectivity index (χ4n) is 1.54. The van der Waals surface area contributed by atoms with Crippen LogP contribution >= 0.6 is 0 Å². The summed E-state index contributed by atoms with van der Waals surface area (Å²) < 4.78 is 0. The van der Waals surface area contributed by atoms with E-state index in [9.17, 15) is 14.9 Å². The van der Waals surface area contributed by atoms with Crippen molar-refractivity contribution in [1.82, 2.24) is 5.32 Å². The third kappa shape index (κ3) is 5.13. The largest absolute Gasteiger partial charge is 0.397 e. The number of non-ortho nitro benzene ring substituents is 1. The zero-order chi connectivity index (χ0) is 15.1. The third-order valence-electron chi connectivity index (χ3n) is 2.62. The minimum absolute atomic E-state index is 0.0355. The number of nitro groups is 1. The zero-order valence-electron chi connectivity index (χ0n) is 11.7. The summed E-state index contributed by atoms with van der Waals surface area (Å²) in [5.41, 5.74) is 6.54. The molecule has 20 heavy (non-hydrogen) atoms. The van der Waals surface area contributed by atoms with Gasteiger partial charge in [0.2, 0.25) is 5.91 Å². The topological polar surface area (TPSA) is 110 Å². The van der Waals surface area contributed by atoms with Gasteiger partial charge in [0, 0.05) is 31.6 Å². The minimum atomic E-state index is -0.500. The predicted octanol–water partition coefficient (Wildman–Crippen LogP) is 1.75. The smallest absolute Gasteiger partial charge is 0.271 e. The molecule has 0 aliphatic heterocycles. The Labute approximate surface area is 117 Å². The quantitative estimate of drug-likeness (QED) is 0.400. The van der Waals surface area contributed by atoms with Crippen LogP contribution in [0.1, 0.15) is 20.3 Å². The van der Waals surface area contributed by atoms with Gasteiger partial charge in [0.15, 0.2) is 0 Å². The lowest BCUT2D eigenvalue weighted by atomic mass is 10.2. The van der Waals surface area contributed by atoms with Crippen LogP contribution in [0, 0.1) is 16.0 Å². The molecule has 1 aromatic rings. The van der Waals surface area contributed by atoms with E-state index in [1.54, 1.807) is 6.07 Å². The number of hydrogen-bond donors (Lipinski definition) is 3. The summed E-state index contributed by atoms with van der Waals surface area (Å²) in [7, 11) is 0. The Morgan fingerprint density at radius 3 is 2.70 bits per heavy atom. The first kappa shape index (κ1) is 15.7. The Kier molecular flexibility index (Phi) is 5.76. The summed E-state index contributed by atoms with van der Waals surface area (Å²) in [6.07, 6.45) is 0.323. The molecule has 7 heteroatoms. The number of nitrogen functional groups attached to an aromatic ring is 1. The molecule has 0 saturated heterocycles. The molecule has 7 nitrogen and oxygen atoms in total. The van der Waals surface area contributed by atoms with Gasteiger partial charge in [0.05, 0.1) is 16.3 Å². The molecule has 110 valence electrons. The van der Waals surface area contributed by atoms with Crippen LogP contribution in [0.3, 0.4) is 0 Å². The van der Waals surface area contributed by atoms with Gasteiger partial charge in [0.25, 0.3) is 5.69 Å². The van der Waals surface area contributed by atoms with Crippen LogP contribution in [-0.2, 0) is 4.79 Å². The molecule has 0 heterocycles. The number of nitrogens with zero attached hydrogens (tertiary/aromatic N) is 1. The van der Waals surface area contributed by atoms with Crippen molar-refractivity contribution in [1.29, 1.82) is 0 Å². The Bertz CT molecular complexity index is 489. The SMILES string of the molecule is CC(C)CNC(=O)CCNc1ccc([N+](=O)[O-])cc1N. The monoisotopic (exact) mass is 280 g/mol. The van der Waals surface area contributed by atoms with Crippen molar-refractivity contribution in [3.05, 3.63) is 28.3 Å². The standard InChI is InChI=1S/C13H20N4O3/c1-9(2)8-16-13(18)5-6-15-12-4-3-10(17(19)20)7-11(12)14/h3-4,7,9,15H,5-6,8,14H2,1-2H3,(H,16,18). The van der Waals surface area contributed by atoms with Gasteiger partial charge in [0.1, 0.15) is 0 Å². The summed E-state index contributed by atoms with van der Waals surface area (Å²) in [6, 6.07) is 4.21. The van der Waals surface area contributed by atoms with Crippen molar-refractivity contribution in [2.45, 2.75) is 20.3 Å². The van der Waals surface area contributed by atoms with Crippen molar-refractivity contribution >= 4 is 23.0 Å². The molecule has 0 unspecified atom stereocenters. The maximum absolute atomic E-state index is 11.5. The first-order chi connectivity index (χ1) is 9.40. The summed E-state index contributed by atoms with van der Waals surface area (Å²) in [5.74, 6) is 0.379. The van der Waals surface area contributed by atoms with Crippen molar-refractivity contribution < 1.29 is 9.72 Å². The number of carbonyl (C=O) groups is 1. The van der Waals surface area contributed by atoms with Gasteiger partial charge in [-0.25, -0.2) is 0 Å². The number of nitrogens with two attached hydrogens (primary N) is 1. The first-order valence-corrected chi connectivity index (χ1v) is 6.44. The highest BCUT2D eigenvalue weighted by atomic mass is 16.6. The molecule has 0 atom stereocenters. The lowest BCUT2D eigenvalue weighted by Gasteiger charge is -2.10. The van der Waals surface area contributed by atoms with Gasteiger partial charge in [-0.2, -0.15) is 0 Å². The van der Waals surface area contributed by atoms with E-state index >= 15 is 0 Å². The minimum Gasteiger partial charge on any atom is -0.397 e. The van der Waals surface area contributed by atoms with E-state index in [1.165, 1.54) is 12.1 Å². The summed E-state index contributed by atoms with van der Waals surface area (Å²) in [4.78, 5) is 21.6. The van der Waals surface area contributed by atoms with Crippen LogP contribution in [0.5, 0.6) is 0 Å². The van der Waals surface area contributed by atoms with Crippen molar-refractivity contribution in [2.24, 2.45) is 5.92 Å². The summed E-state index contributed by atoms with van der Waals surface area (Å²) in [5, 5.41) is 16.4. The van der Waals surface area contributed by atoms with Crippen molar-refractivity contribution in [2.75, 3.05) is 24.1 Å². The van der Waals surface area contributed by atoms with Crippen LogP contribution < -0.4 is 16.4 Å². The fraction of sp³-hybridized carbons (Fsp3) is 0.462. The molecule has 0 aliphatic rings. The Balaban J connectivity index is 2.42. The van der Waals surface area contributed by atoms with E-state index in [1.807, 2.05) is 13.8 Å². The molecule has 1 amide bonds. The average molecular weight is 280 g/mol. The number of anilines is 2. The van der Waals surface area contributed by atoms with Crippen molar-refractivity contribution in [3.8, 4) is 0 Å². The summed E-state index contributed by atoms with van der Waals surface area (Å²) in [6.45, 7) is 5.12. The average Bonchev–Trinajstić information content (AvgIpc) is 2.38. The number of carbonyl (C=O) groups excluding carboxylic acids is 1. The number of benzene rings is 1. The van der Waals surface area contributed by atoms with Crippen LogP contribution in [0.25, 0.3) is 0 Å². The molecule has 1 aromatic carbocycles. The fourth-order valence-corrected chi connectivity index (χ4v) is 1.54. The molecule has 0 fully saturated rings. The van der Waals surface area contributed by atoms with Crippen LogP contribution in [0.2, 0.25) is 0 Å². The molecule has 4 N–H and O–H groups in total. The molecule has 1 rings (SSSR count). The second-order valence-corrected chi connectivity index (χ2v) is 4.90. The molecule has 0 bridgehead atoms. The third-order valence-corrected chi connectivity index (χ3v) is 2.62. The van der Waals surface area contributed by atoms with Gasteiger partial charge >= 0.3 is 0 Å². The van der Waals surface area contributed by atoms with E-state index in [-0.39, 0.29) is 11.6 Å². The Hall–Kier alpha value is -2.31. The molecule has 0 aliphatic carbocycles. The molecular weight excluding hydrogens is 260 g/mol. The molecule has 0 radical (unpaired) electrons. The van der Waals surface area contributed by atoms with Gasteiger partial charge in [-0.15, -0.1) is 0 Å². The Morgan fingerprint density at radius 1 is 1.45 bits per heavy atom. The van der Waals surface area contributed by atoms with E-state index in [2.05, 4.69) is 10.6 Å². The zero-order valence-corrected chi connectivity index (χ0v) is 11.7. The maximum atomic E-state index is 11.5. The number of hydrogen-bond acceptors (Lipinski definition) is 5. The predicted molar refractivity (Wildman–Crippen MR) is 78.5 cm³/mol. The maximum Gasteiger partial charge on any atom is 0.271 e. The van der Waals surface area contributed by atoms with Gasteiger partial charge < -0.3 is 16.4 Å². The van der Waals surface area contributed by atoms with E-state index < -0.39 is 4.92 Å². The van der Waals surface area contributed by atoms with Crippen LogP contribution in [0.15, 0.2) is 18.2 Å². The molecule has 0 spiro atoms. The molecule has 0 saturated carbocycles. The van der Waals surface area contributed by atoms with Crippen LogP contribution in [-0.4, -0.2) is 23.9 Å². The number of nitrogens with one attached hydrogen (secondary N) is 2. The van der Waals surface area contributed by atoms with E-state index in [0.29, 0.717) is 36.8 Å². The van der Waals surface area contributed by atoms with Gasteiger partial charge in [-0.3, -0.25) is 14.9 Å². The normalized spacial score (nSPS) is 10.3.